The van der Waals surface area contributed by atoms with E-state index in [4.69, 9.17) is 10.7 Å². The Hall–Kier alpha value is -3.41. The van der Waals surface area contributed by atoms with Crippen molar-refractivity contribution in [2.75, 3.05) is 18.0 Å². The summed E-state index contributed by atoms with van der Waals surface area (Å²) in [7, 11) is 1.89. The molecule has 4 aromatic rings. The molecule has 8 nitrogen and oxygen atoms in total. The van der Waals surface area contributed by atoms with Crippen molar-refractivity contribution in [3.05, 3.63) is 54.7 Å². The largest absolute Gasteiger partial charge is 0.356 e. The van der Waals surface area contributed by atoms with E-state index in [9.17, 15) is 5.26 Å². The summed E-state index contributed by atoms with van der Waals surface area (Å²) in [4.78, 5) is 7.01. The number of piperidine rings is 1. The Morgan fingerprint density at radius 1 is 1.03 bits per heavy atom. The number of nitriles is 1. The van der Waals surface area contributed by atoms with Gasteiger partial charge in [0, 0.05) is 66.5 Å². The topological polar surface area (TPSA) is 101 Å². The summed E-state index contributed by atoms with van der Waals surface area (Å²) in [6.45, 7) is 3.92. The van der Waals surface area contributed by atoms with Crippen molar-refractivity contribution >= 4 is 23.7 Å². The third kappa shape index (κ3) is 3.93. The molecule has 1 aliphatic rings. The highest BCUT2D eigenvalue weighted by Gasteiger charge is 2.26. The second-order valence-corrected chi connectivity index (χ2v) is 8.55. The number of halogens is 1. The van der Waals surface area contributed by atoms with Crippen LogP contribution in [-0.2, 0) is 7.05 Å². The molecule has 9 heteroatoms. The number of pyridine rings is 2. The second kappa shape index (κ2) is 8.26. The van der Waals surface area contributed by atoms with Gasteiger partial charge in [0.1, 0.15) is 11.9 Å². The van der Waals surface area contributed by atoms with E-state index in [1.807, 2.05) is 37.9 Å². The van der Waals surface area contributed by atoms with Crippen molar-refractivity contribution in [2.45, 2.75) is 25.3 Å². The van der Waals surface area contributed by atoms with Crippen LogP contribution in [0.25, 0.3) is 27.8 Å². The van der Waals surface area contributed by atoms with Crippen LogP contribution in [0.15, 0.2) is 49.2 Å². The van der Waals surface area contributed by atoms with Crippen molar-refractivity contribution in [3.63, 3.8) is 0 Å². The van der Waals surface area contributed by atoms with Crippen LogP contribution in [0.3, 0.4) is 0 Å². The molecule has 0 spiro atoms. The summed E-state index contributed by atoms with van der Waals surface area (Å²) < 4.78 is 3.53. The maximum Gasteiger partial charge on any atom is 0.128 e. The van der Waals surface area contributed by atoms with Gasteiger partial charge in [0.25, 0.3) is 0 Å². The maximum atomic E-state index is 9.59. The molecular formula is C23H25ClN8. The van der Waals surface area contributed by atoms with Gasteiger partial charge in [-0.2, -0.15) is 15.5 Å². The first-order valence-corrected chi connectivity index (χ1v) is 10.3. The van der Waals surface area contributed by atoms with Gasteiger partial charge in [0.05, 0.1) is 23.5 Å². The van der Waals surface area contributed by atoms with Crippen LogP contribution in [0.2, 0.25) is 0 Å². The molecule has 5 heterocycles. The lowest BCUT2D eigenvalue weighted by atomic mass is 9.91. The van der Waals surface area contributed by atoms with Crippen molar-refractivity contribution in [3.8, 4) is 28.3 Å². The number of nitrogens with zero attached hydrogens (tertiary/aromatic N) is 7. The van der Waals surface area contributed by atoms with E-state index in [-0.39, 0.29) is 17.9 Å². The molecule has 0 radical (unpaired) electrons. The Bertz CT molecular complexity index is 1290. The Kier molecular flexibility index (Phi) is 5.63. The van der Waals surface area contributed by atoms with Gasteiger partial charge in [0.2, 0.25) is 0 Å². The SMILES string of the molecule is Cl.Cn1cc(-c2cc(-c3ccc(N4CCC(C)(N)CC4)nc3)c3c(C#N)cnn3c2)cn1. The van der Waals surface area contributed by atoms with Crippen LogP contribution < -0.4 is 10.6 Å². The molecule has 164 valence electrons. The molecule has 0 saturated carbocycles. The van der Waals surface area contributed by atoms with Crippen LogP contribution in [0.4, 0.5) is 5.82 Å². The van der Waals surface area contributed by atoms with Gasteiger partial charge in [-0.3, -0.25) is 4.68 Å². The summed E-state index contributed by atoms with van der Waals surface area (Å²) in [5.41, 5.74) is 11.3. The van der Waals surface area contributed by atoms with E-state index in [1.54, 1.807) is 15.4 Å². The van der Waals surface area contributed by atoms with Crippen molar-refractivity contribution in [2.24, 2.45) is 12.8 Å². The zero-order valence-electron chi connectivity index (χ0n) is 18.1. The summed E-state index contributed by atoms with van der Waals surface area (Å²) >= 11 is 0. The van der Waals surface area contributed by atoms with Crippen molar-refractivity contribution in [1.29, 1.82) is 5.26 Å². The van der Waals surface area contributed by atoms with Gasteiger partial charge in [-0.1, -0.05) is 0 Å². The van der Waals surface area contributed by atoms with Crippen LogP contribution >= 0.6 is 12.4 Å². The van der Waals surface area contributed by atoms with Crippen LogP contribution in [-0.4, -0.2) is 43.0 Å². The number of aryl methyl sites for hydroxylation is 1. The monoisotopic (exact) mass is 448 g/mol. The zero-order chi connectivity index (χ0) is 21.6. The predicted molar refractivity (Wildman–Crippen MR) is 127 cm³/mol. The standard InChI is InChI=1S/C23H24N8.ClH/c1-23(25)5-7-30(8-6-23)21-4-3-16(11-26-21)20-9-17(19-13-27-29(2)14-19)15-31-22(20)18(10-24)12-28-31;/h3-4,9,11-15H,5-8,25H2,1-2H3;1H. The molecule has 5 rings (SSSR count). The first-order chi connectivity index (χ1) is 14.9. The fraction of sp³-hybridized carbons (Fsp3) is 0.304. The van der Waals surface area contributed by atoms with Crippen LogP contribution in [0.1, 0.15) is 25.3 Å². The first-order valence-electron chi connectivity index (χ1n) is 10.3. The number of anilines is 1. The number of hydrogen-bond acceptors (Lipinski definition) is 6. The van der Waals surface area contributed by atoms with E-state index in [1.165, 1.54) is 0 Å². The smallest absolute Gasteiger partial charge is 0.128 e. The van der Waals surface area contributed by atoms with Gasteiger partial charge in [0.15, 0.2) is 0 Å². The minimum absolute atomic E-state index is 0. The lowest BCUT2D eigenvalue weighted by Crippen LogP contribution is -2.48. The molecular weight excluding hydrogens is 424 g/mol. The normalized spacial score (nSPS) is 15.4. The molecule has 0 bridgehead atoms. The fourth-order valence-electron chi connectivity index (χ4n) is 4.13. The van der Waals surface area contributed by atoms with Gasteiger partial charge in [-0.15, -0.1) is 12.4 Å². The molecule has 0 atom stereocenters. The molecule has 1 aliphatic heterocycles. The van der Waals surface area contributed by atoms with E-state index in [2.05, 4.69) is 40.2 Å². The summed E-state index contributed by atoms with van der Waals surface area (Å²) in [6, 6.07) is 8.44. The third-order valence-electron chi connectivity index (χ3n) is 6.06. The number of hydrogen-bond donors (Lipinski definition) is 1. The van der Waals surface area contributed by atoms with Crippen LogP contribution in [0, 0.1) is 11.3 Å². The van der Waals surface area contributed by atoms with Gasteiger partial charge < -0.3 is 10.6 Å². The summed E-state index contributed by atoms with van der Waals surface area (Å²) in [6.07, 6.45) is 11.1. The highest BCUT2D eigenvalue weighted by atomic mass is 35.5. The van der Waals surface area contributed by atoms with Gasteiger partial charge in [-0.25, -0.2) is 9.50 Å². The molecule has 32 heavy (non-hydrogen) atoms. The Morgan fingerprint density at radius 2 is 1.81 bits per heavy atom. The lowest BCUT2D eigenvalue weighted by Gasteiger charge is -2.37. The Balaban J connectivity index is 0.00000245. The highest BCUT2D eigenvalue weighted by Crippen LogP contribution is 2.32. The summed E-state index contributed by atoms with van der Waals surface area (Å²) in [5.74, 6) is 0.952. The lowest BCUT2D eigenvalue weighted by molar-refractivity contribution is 0.363. The third-order valence-corrected chi connectivity index (χ3v) is 6.06. The molecule has 0 aliphatic carbocycles. The van der Waals surface area contributed by atoms with Crippen molar-refractivity contribution in [1.82, 2.24) is 24.4 Å². The average Bonchev–Trinajstić information content (AvgIpc) is 3.39. The first kappa shape index (κ1) is 21.8. The Morgan fingerprint density at radius 3 is 2.44 bits per heavy atom. The summed E-state index contributed by atoms with van der Waals surface area (Å²) in [5, 5.41) is 18.3. The Labute approximate surface area is 192 Å². The predicted octanol–water partition coefficient (Wildman–Crippen LogP) is 3.41. The van der Waals surface area contributed by atoms with E-state index < -0.39 is 0 Å². The van der Waals surface area contributed by atoms with E-state index in [0.717, 1.165) is 59.5 Å². The quantitative estimate of drug-likeness (QED) is 0.515. The molecule has 1 saturated heterocycles. The molecule has 0 unspecified atom stereocenters. The van der Waals surface area contributed by atoms with E-state index in [0.29, 0.717) is 5.56 Å². The van der Waals surface area contributed by atoms with Gasteiger partial charge >= 0.3 is 0 Å². The minimum Gasteiger partial charge on any atom is -0.356 e. The number of aromatic nitrogens is 5. The average molecular weight is 449 g/mol. The van der Waals surface area contributed by atoms with Crippen molar-refractivity contribution < 1.29 is 0 Å². The molecule has 0 aromatic carbocycles. The number of nitrogens with two attached hydrogens (primary N) is 1. The van der Waals surface area contributed by atoms with Crippen LogP contribution in [0.5, 0.6) is 0 Å². The number of rotatable bonds is 3. The molecule has 4 aromatic heterocycles. The fourth-order valence-corrected chi connectivity index (χ4v) is 4.13. The second-order valence-electron chi connectivity index (χ2n) is 8.55. The zero-order valence-corrected chi connectivity index (χ0v) is 18.9. The van der Waals surface area contributed by atoms with Gasteiger partial charge in [-0.05, 0) is 38.0 Å². The maximum absolute atomic E-state index is 9.59. The van der Waals surface area contributed by atoms with E-state index >= 15 is 0 Å². The number of fused-ring (bicyclic) bond motifs is 1. The minimum atomic E-state index is -0.0928. The molecule has 1 fully saturated rings. The molecule has 2 N–H and O–H groups in total. The molecule has 0 amide bonds. The highest BCUT2D eigenvalue weighted by molar-refractivity contribution is 5.87.